The van der Waals surface area contributed by atoms with Crippen molar-refractivity contribution in [1.82, 2.24) is 4.57 Å². The molecule has 0 saturated carbocycles. The number of halogens is 1. The summed E-state index contributed by atoms with van der Waals surface area (Å²) in [5.41, 5.74) is 0.0150. The van der Waals surface area contributed by atoms with E-state index < -0.39 is 11.8 Å². The van der Waals surface area contributed by atoms with Gasteiger partial charge >= 0.3 is 5.97 Å². The van der Waals surface area contributed by atoms with Crippen LogP contribution in [0, 0.1) is 5.82 Å². The monoisotopic (exact) mass is 205 g/mol. The lowest BCUT2D eigenvalue weighted by atomic mass is 10.1. The number of carboxylic acids is 1. The van der Waals surface area contributed by atoms with E-state index in [4.69, 9.17) is 5.11 Å². The van der Waals surface area contributed by atoms with E-state index >= 15 is 0 Å². The summed E-state index contributed by atoms with van der Waals surface area (Å²) in [5, 5.41) is 8.89. The smallest absolute Gasteiger partial charge is 0.340 e. The highest BCUT2D eigenvalue weighted by atomic mass is 19.1. The second-order valence-electron chi connectivity index (χ2n) is 3.03. The predicted molar refractivity (Wildman–Crippen MR) is 52.7 cm³/mol. The van der Waals surface area contributed by atoms with Crippen LogP contribution in [0.3, 0.4) is 0 Å². The summed E-state index contributed by atoms with van der Waals surface area (Å²) in [7, 11) is 0. The normalized spacial score (nSPS) is 10.2. The fraction of sp³-hybridized carbons (Fsp3) is 0. The molecule has 15 heavy (non-hydrogen) atoms. The highest BCUT2D eigenvalue weighted by Gasteiger charge is 2.15. The zero-order valence-corrected chi connectivity index (χ0v) is 7.72. The zero-order valence-electron chi connectivity index (χ0n) is 7.72. The van der Waals surface area contributed by atoms with Gasteiger partial charge in [-0.05, 0) is 24.3 Å². The molecule has 0 bridgehead atoms. The third-order valence-electron chi connectivity index (χ3n) is 2.09. The topological polar surface area (TPSA) is 42.2 Å². The molecule has 0 spiro atoms. The maximum Gasteiger partial charge on any atom is 0.340 e. The average molecular weight is 205 g/mol. The summed E-state index contributed by atoms with van der Waals surface area (Å²) in [4.78, 5) is 10.9. The summed E-state index contributed by atoms with van der Waals surface area (Å²) >= 11 is 0. The molecule has 1 aromatic heterocycles. The molecule has 0 radical (unpaired) electrons. The molecule has 2 aromatic rings. The quantitative estimate of drug-likeness (QED) is 0.817. The molecule has 76 valence electrons. The Morgan fingerprint density at radius 3 is 2.47 bits per heavy atom. The SMILES string of the molecule is O=C(O)c1c(F)cccc1-n1cccc1. The Morgan fingerprint density at radius 1 is 1.20 bits per heavy atom. The maximum absolute atomic E-state index is 13.3. The minimum Gasteiger partial charge on any atom is -0.478 e. The fourth-order valence-electron chi connectivity index (χ4n) is 1.43. The van der Waals surface area contributed by atoms with Gasteiger partial charge in [-0.25, -0.2) is 9.18 Å². The van der Waals surface area contributed by atoms with Gasteiger partial charge < -0.3 is 9.67 Å². The van der Waals surface area contributed by atoms with Crippen molar-refractivity contribution in [3.8, 4) is 5.69 Å². The lowest BCUT2D eigenvalue weighted by Crippen LogP contribution is -2.06. The molecule has 3 nitrogen and oxygen atoms in total. The van der Waals surface area contributed by atoms with Gasteiger partial charge in [0, 0.05) is 12.4 Å². The van der Waals surface area contributed by atoms with E-state index in [0.717, 1.165) is 6.07 Å². The van der Waals surface area contributed by atoms with Gasteiger partial charge in [0.25, 0.3) is 0 Å². The molecule has 2 rings (SSSR count). The van der Waals surface area contributed by atoms with Crippen molar-refractivity contribution in [2.75, 3.05) is 0 Å². The van der Waals surface area contributed by atoms with Gasteiger partial charge in [0.1, 0.15) is 11.4 Å². The summed E-state index contributed by atoms with van der Waals surface area (Å²) < 4.78 is 14.9. The van der Waals surface area contributed by atoms with Gasteiger partial charge in [0.15, 0.2) is 0 Å². The Bertz CT molecular complexity index is 491. The van der Waals surface area contributed by atoms with E-state index in [1.165, 1.54) is 6.07 Å². The van der Waals surface area contributed by atoms with E-state index in [0.29, 0.717) is 5.69 Å². The highest BCUT2D eigenvalue weighted by molar-refractivity contribution is 5.92. The van der Waals surface area contributed by atoms with Crippen LogP contribution >= 0.6 is 0 Å². The third kappa shape index (κ3) is 1.61. The first-order valence-corrected chi connectivity index (χ1v) is 4.35. The lowest BCUT2D eigenvalue weighted by Gasteiger charge is -2.07. The van der Waals surface area contributed by atoms with Gasteiger partial charge in [-0.2, -0.15) is 0 Å². The largest absolute Gasteiger partial charge is 0.478 e. The Kier molecular flexibility index (Phi) is 2.25. The summed E-state index contributed by atoms with van der Waals surface area (Å²) in [6, 6.07) is 7.67. The van der Waals surface area contributed by atoms with Crippen molar-refractivity contribution in [2.24, 2.45) is 0 Å². The summed E-state index contributed by atoms with van der Waals surface area (Å²) in [6.07, 6.45) is 3.34. The molecule has 0 unspecified atom stereocenters. The van der Waals surface area contributed by atoms with Gasteiger partial charge in [0.2, 0.25) is 0 Å². The number of carboxylic acid groups (broad SMARTS) is 1. The van der Waals surface area contributed by atoms with Crippen LogP contribution in [-0.2, 0) is 0 Å². The van der Waals surface area contributed by atoms with Crippen LogP contribution in [0.15, 0.2) is 42.7 Å². The standard InChI is InChI=1S/C11H8FNO2/c12-8-4-3-5-9(10(8)11(14)15)13-6-1-2-7-13/h1-7H,(H,14,15). The molecule has 0 fully saturated rings. The first-order valence-electron chi connectivity index (χ1n) is 4.35. The van der Waals surface area contributed by atoms with Crippen molar-refractivity contribution in [2.45, 2.75) is 0 Å². The first-order chi connectivity index (χ1) is 7.20. The van der Waals surface area contributed by atoms with E-state index in [-0.39, 0.29) is 5.56 Å². The van der Waals surface area contributed by atoms with Crippen molar-refractivity contribution < 1.29 is 14.3 Å². The maximum atomic E-state index is 13.3. The van der Waals surface area contributed by atoms with E-state index in [1.54, 1.807) is 35.2 Å². The van der Waals surface area contributed by atoms with E-state index in [9.17, 15) is 9.18 Å². The highest BCUT2D eigenvalue weighted by Crippen LogP contribution is 2.18. The van der Waals surface area contributed by atoms with Crippen LogP contribution in [0.1, 0.15) is 10.4 Å². The second kappa shape index (κ2) is 3.57. The summed E-state index contributed by atoms with van der Waals surface area (Å²) in [6.45, 7) is 0. The zero-order chi connectivity index (χ0) is 10.8. The molecule has 0 aliphatic rings. The predicted octanol–water partition coefficient (Wildman–Crippen LogP) is 2.31. The molecular weight excluding hydrogens is 197 g/mol. The van der Waals surface area contributed by atoms with Gasteiger partial charge in [-0.15, -0.1) is 0 Å². The molecule has 4 heteroatoms. The van der Waals surface area contributed by atoms with Crippen LogP contribution in [-0.4, -0.2) is 15.6 Å². The number of benzene rings is 1. The minimum atomic E-state index is -1.27. The number of rotatable bonds is 2. The molecule has 0 amide bonds. The number of hydrogen-bond acceptors (Lipinski definition) is 1. The Morgan fingerprint density at radius 2 is 1.87 bits per heavy atom. The average Bonchev–Trinajstić information content (AvgIpc) is 2.69. The van der Waals surface area contributed by atoms with Crippen LogP contribution in [0.5, 0.6) is 0 Å². The lowest BCUT2D eigenvalue weighted by molar-refractivity contribution is 0.0692. The minimum absolute atomic E-state index is 0.311. The number of nitrogens with zero attached hydrogens (tertiary/aromatic N) is 1. The molecule has 1 aromatic carbocycles. The van der Waals surface area contributed by atoms with Crippen LogP contribution in [0.25, 0.3) is 5.69 Å². The van der Waals surface area contributed by atoms with Crippen molar-refractivity contribution in [1.29, 1.82) is 0 Å². The molecule has 0 saturated heterocycles. The first kappa shape index (κ1) is 9.45. The second-order valence-corrected chi connectivity index (χ2v) is 3.03. The van der Waals surface area contributed by atoms with Crippen molar-refractivity contribution in [3.63, 3.8) is 0 Å². The van der Waals surface area contributed by atoms with Gasteiger partial charge in [0.05, 0.1) is 5.69 Å². The molecule has 1 N–H and O–H groups in total. The summed E-state index contributed by atoms with van der Waals surface area (Å²) in [5.74, 6) is -1.99. The molecule has 0 aliphatic heterocycles. The van der Waals surface area contributed by atoms with Crippen LogP contribution in [0.2, 0.25) is 0 Å². The fourth-order valence-corrected chi connectivity index (χ4v) is 1.43. The molecule has 1 heterocycles. The number of aromatic nitrogens is 1. The van der Waals surface area contributed by atoms with Crippen molar-refractivity contribution in [3.05, 3.63) is 54.1 Å². The Labute approximate surface area is 85.4 Å². The molecule has 0 atom stereocenters. The number of hydrogen-bond donors (Lipinski definition) is 1. The third-order valence-corrected chi connectivity index (χ3v) is 2.09. The van der Waals surface area contributed by atoms with Crippen LogP contribution < -0.4 is 0 Å². The van der Waals surface area contributed by atoms with Crippen molar-refractivity contribution >= 4 is 5.97 Å². The van der Waals surface area contributed by atoms with Crippen LogP contribution in [0.4, 0.5) is 4.39 Å². The number of carbonyl (C=O) groups is 1. The van der Waals surface area contributed by atoms with Gasteiger partial charge in [-0.1, -0.05) is 6.07 Å². The number of aromatic carboxylic acids is 1. The van der Waals surface area contributed by atoms with Gasteiger partial charge in [-0.3, -0.25) is 0 Å². The Hall–Kier alpha value is -2.10. The van der Waals surface area contributed by atoms with E-state index in [2.05, 4.69) is 0 Å². The Balaban J connectivity index is 2.66. The molecular formula is C11H8FNO2. The molecule has 0 aliphatic carbocycles. The van der Waals surface area contributed by atoms with E-state index in [1.807, 2.05) is 0 Å².